The number of benzene rings is 1. The molecule has 6 heteroatoms. The van der Waals surface area contributed by atoms with Crippen molar-refractivity contribution in [3.05, 3.63) is 59.8 Å². The van der Waals surface area contributed by atoms with Gasteiger partial charge in [0.25, 0.3) is 5.91 Å². The third kappa shape index (κ3) is 3.90. The number of rotatable bonds is 6. The molecule has 1 aliphatic rings. The van der Waals surface area contributed by atoms with Gasteiger partial charge in [0.2, 0.25) is 12.0 Å². The Morgan fingerprint density at radius 1 is 1.17 bits per heavy atom. The van der Waals surface area contributed by atoms with Crippen LogP contribution in [0.3, 0.4) is 0 Å². The van der Waals surface area contributed by atoms with Gasteiger partial charge < -0.3 is 14.8 Å². The Morgan fingerprint density at radius 2 is 1.92 bits per heavy atom. The summed E-state index contributed by atoms with van der Waals surface area (Å²) in [6, 6.07) is 12.3. The highest BCUT2D eigenvalue weighted by molar-refractivity contribution is 5.92. The lowest BCUT2D eigenvalue weighted by atomic mass is 10.1. The summed E-state index contributed by atoms with van der Waals surface area (Å²) < 4.78 is 10.4. The minimum absolute atomic E-state index is 0.185. The Kier molecular flexibility index (Phi) is 4.74. The Morgan fingerprint density at radius 3 is 2.50 bits per heavy atom. The molecular weight excluding hydrogens is 308 g/mol. The smallest absolute Gasteiger partial charge is 0.340 e. The molecule has 0 saturated heterocycles. The number of methoxy groups -OCH3 is 1. The lowest BCUT2D eigenvalue weighted by Gasteiger charge is -2.18. The number of nitrogens with one attached hydrogen (secondary N) is 1. The summed E-state index contributed by atoms with van der Waals surface area (Å²) in [7, 11) is 1.49. The number of pyridine rings is 1. The maximum Gasteiger partial charge on any atom is 0.340 e. The number of aromatic nitrogens is 1. The zero-order valence-corrected chi connectivity index (χ0v) is 13.3. The number of carbonyl (C=O) groups is 2. The molecule has 3 rings (SSSR count). The number of nitrogens with zero attached hydrogens (tertiary/aromatic N) is 1. The highest BCUT2D eigenvalue weighted by Crippen LogP contribution is 2.24. The minimum atomic E-state index is -0.985. The summed E-state index contributed by atoms with van der Waals surface area (Å²) in [6.45, 7) is 0. The predicted octanol–water partition coefficient (Wildman–Crippen LogP) is 2.27. The van der Waals surface area contributed by atoms with E-state index in [1.54, 1.807) is 36.4 Å². The fourth-order valence-corrected chi connectivity index (χ4v) is 2.20. The maximum absolute atomic E-state index is 12.4. The van der Waals surface area contributed by atoms with Gasteiger partial charge in [0, 0.05) is 23.9 Å². The van der Waals surface area contributed by atoms with Crippen molar-refractivity contribution in [2.24, 2.45) is 0 Å². The van der Waals surface area contributed by atoms with Crippen LogP contribution in [0, 0.1) is 0 Å². The van der Waals surface area contributed by atoms with Gasteiger partial charge in [-0.3, -0.25) is 4.79 Å². The Labute approximate surface area is 139 Å². The van der Waals surface area contributed by atoms with Crippen molar-refractivity contribution in [2.45, 2.75) is 25.0 Å². The molecular formula is C18H18N2O4. The summed E-state index contributed by atoms with van der Waals surface area (Å²) >= 11 is 0. The molecule has 1 aromatic heterocycles. The number of hydrogen-bond donors (Lipinski definition) is 1. The number of carbonyl (C=O) groups excluding carboxylic acids is 2. The average molecular weight is 326 g/mol. The van der Waals surface area contributed by atoms with E-state index in [4.69, 9.17) is 9.47 Å². The SMILES string of the molecule is COc1ccc(C(=O)O[C@H](C(=O)NC2CC2)c2ccccc2)cn1. The molecule has 0 bridgehead atoms. The molecule has 1 saturated carbocycles. The van der Waals surface area contributed by atoms with Crippen LogP contribution in [-0.4, -0.2) is 30.0 Å². The molecule has 0 aliphatic heterocycles. The van der Waals surface area contributed by atoms with Crippen LogP contribution < -0.4 is 10.1 Å². The minimum Gasteiger partial charge on any atom is -0.481 e. The first-order valence-corrected chi connectivity index (χ1v) is 7.73. The zero-order valence-electron chi connectivity index (χ0n) is 13.3. The van der Waals surface area contributed by atoms with Gasteiger partial charge >= 0.3 is 5.97 Å². The third-order valence-electron chi connectivity index (χ3n) is 3.67. The maximum atomic E-state index is 12.4. The van der Waals surface area contributed by atoms with Crippen molar-refractivity contribution in [1.29, 1.82) is 0 Å². The highest BCUT2D eigenvalue weighted by Gasteiger charge is 2.31. The van der Waals surface area contributed by atoms with Crippen LogP contribution in [0.1, 0.15) is 34.9 Å². The topological polar surface area (TPSA) is 77.5 Å². The normalized spacial score (nSPS) is 14.5. The predicted molar refractivity (Wildman–Crippen MR) is 86.6 cm³/mol. The highest BCUT2D eigenvalue weighted by atomic mass is 16.5. The summed E-state index contributed by atoms with van der Waals surface area (Å²) in [5, 5.41) is 2.88. The second-order valence-electron chi connectivity index (χ2n) is 5.57. The Balaban J connectivity index is 1.77. The largest absolute Gasteiger partial charge is 0.481 e. The van der Waals surface area contributed by atoms with Gasteiger partial charge in [-0.1, -0.05) is 30.3 Å². The van der Waals surface area contributed by atoms with Crippen LogP contribution in [0.2, 0.25) is 0 Å². The van der Waals surface area contributed by atoms with Gasteiger partial charge in [-0.05, 0) is 18.9 Å². The first-order valence-electron chi connectivity index (χ1n) is 7.73. The Hall–Kier alpha value is -2.89. The molecule has 124 valence electrons. The second-order valence-corrected chi connectivity index (χ2v) is 5.57. The van der Waals surface area contributed by atoms with Gasteiger partial charge in [0.15, 0.2) is 0 Å². The van der Waals surface area contributed by atoms with Crippen LogP contribution >= 0.6 is 0 Å². The van der Waals surface area contributed by atoms with Gasteiger partial charge in [0.05, 0.1) is 12.7 Å². The van der Waals surface area contributed by atoms with Gasteiger partial charge in [-0.25, -0.2) is 9.78 Å². The van der Waals surface area contributed by atoms with Gasteiger partial charge in [0.1, 0.15) is 0 Å². The number of ether oxygens (including phenoxy) is 2. The third-order valence-corrected chi connectivity index (χ3v) is 3.67. The summed E-state index contributed by atoms with van der Waals surface area (Å²) in [4.78, 5) is 28.8. The first-order chi connectivity index (χ1) is 11.7. The monoisotopic (exact) mass is 326 g/mol. The van der Waals surface area contributed by atoms with Crippen LogP contribution in [0.4, 0.5) is 0 Å². The van der Waals surface area contributed by atoms with E-state index < -0.39 is 12.1 Å². The van der Waals surface area contributed by atoms with Gasteiger partial charge in [-0.15, -0.1) is 0 Å². The fraction of sp³-hybridized carbons (Fsp3) is 0.278. The number of esters is 1. The first kappa shape index (κ1) is 16.0. The molecule has 1 aliphatic carbocycles. The molecule has 0 unspecified atom stereocenters. The summed E-state index contributed by atoms with van der Waals surface area (Å²) in [5.74, 6) is -0.513. The van der Waals surface area contributed by atoms with E-state index in [0.717, 1.165) is 12.8 Å². The quantitative estimate of drug-likeness (QED) is 0.824. The molecule has 1 fully saturated rings. The second kappa shape index (κ2) is 7.12. The standard InChI is InChI=1S/C18H18N2O4/c1-23-15-10-7-13(11-19-15)18(22)24-16(12-5-3-2-4-6-12)17(21)20-14-8-9-14/h2-7,10-11,14,16H,8-9H2,1H3,(H,20,21)/t16-/m0/s1. The van der Waals surface area contributed by atoms with Crippen molar-refractivity contribution in [2.75, 3.05) is 7.11 Å². The van der Waals surface area contributed by atoms with E-state index >= 15 is 0 Å². The fourth-order valence-electron chi connectivity index (χ4n) is 2.20. The molecule has 1 heterocycles. The molecule has 0 spiro atoms. The molecule has 2 aromatic rings. The molecule has 1 aromatic carbocycles. The van der Waals surface area contributed by atoms with E-state index in [9.17, 15) is 9.59 Å². The van der Waals surface area contributed by atoms with E-state index in [1.807, 2.05) is 6.07 Å². The Bertz CT molecular complexity index is 712. The molecule has 6 nitrogen and oxygen atoms in total. The molecule has 1 atom stereocenters. The lowest BCUT2D eigenvalue weighted by molar-refractivity contribution is -0.130. The molecule has 24 heavy (non-hydrogen) atoms. The molecule has 1 N–H and O–H groups in total. The van der Waals surface area contributed by atoms with Crippen LogP contribution in [-0.2, 0) is 9.53 Å². The van der Waals surface area contributed by atoms with Crippen molar-refractivity contribution < 1.29 is 19.1 Å². The number of amides is 1. The summed E-state index contributed by atoms with van der Waals surface area (Å²) in [6.07, 6.45) is 2.30. The van der Waals surface area contributed by atoms with Crippen molar-refractivity contribution >= 4 is 11.9 Å². The van der Waals surface area contributed by atoms with Crippen LogP contribution in [0.15, 0.2) is 48.7 Å². The van der Waals surface area contributed by atoms with E-state index in [1.165, 1.54) is 13.3 Å². The van der Waals surface area contributed by atoms with Crippen molar-refractivity contribution in [3.63, 3.8) is 0 Å². The average Bonchev–Trinajstić information content (AvgIpc) is 3.44. The lowest BCUT2D eigenvalue weighted by Crippen LogP contribution is -2.33. The van der Waals surface area contributed by atoms with Crippen LogP contribution in [0.25, 0.3) is 0 Å². The van der Waals surface area contributed by atoms with E-state index in [2.05, 4.69) is 10.3 Å². The van der Waals surface area contributed by atoms with Crippen LogP contribution in [0.5, 0.6) is 5.88 Å². The van der Waals surface area contributed by atoms with Crippen molar-refractivity contribution in [3.8, 4) is 5.88 Å². The number of hydrogen-bond acceptors (Lipinski definition) is 5. The van der Waals surface area contributed by atoms with E-state index in [-0.39, 0.29) is 17.5 Å². The van der Waals surface area contributed by atoms with Crippen molar-refractivity contribution in [1.82, 2.24) is 10.3 Å². The molecule has 1 amide bonds. The van der Waals surface area contributed by atoms with Gasteiger partial charge in [-0.2, -0.15) is 0 Å². The van der Waals surface area contributed by atoms with E-state index in [0.29, 0.717) is 11.4 Å². The zero-order chi connectivity index (χ0) is 16.9. The summed E-state index contributed by atoms with van der Waals surface area (Å²) in [5.41, 5.74) is 0.890. The molecule has 0 radical (unpaired) electrons.